The van der Waals surface area contributed by atoms with E-state index >= 15 is 0 Å². The lowest BCUT2D eigenvalue weighted by molar-refractivity contribution is -0.119. The smallest absolute Gasteiger partial charge is 0.271 e. The monoisotopic (exact) mass is 413 g/mol. The van der Waals surface area contributed by atoms with Gasteiger partial charge in [-0.15, -0.1) is 0 Å². The molecule has 2 aromatic heterocycles. The highest BCUT2D eigenvalue weighted by Gasteiger charge is 2.24. The summed E-state index contributed by atoms with van der Waals surface area (Å²) in [5.74, 6) is 0.583. The molecule has 0 aliphatic rings. The lowest BCUT2D eigenvalue weighted by Gasteiger charge is -2.22. The van der Waals surface area contributed by atoms with E-state index in [0.29, 0.717) is 21.6 Å². The van der Waals surface area contributed by atoms with Crippen molar-refractivity contribution >= 4 is 49.9 Å². The molecule has 0 spiro atoms. The molecule has 2 aromatic carbocycles. The van der Waals surface area contributed by atoms with E-state index in [9.17, 15) is 4.79 Å². The third-order valence-corrected chi connectivity index (χ3v) is 5.58. The van der Waals surface area contributed by atoms with Crippen molar-refractivity contribution in [2.45, 2.75) is 13.8 Å². The van der Waals surface area contributed by atoms with Gasteiger partial charge < -0.3 is 9.26 Å². The van der Waals surface area contributed by atoms with Gasteiger partial charge in [0.25, 0.3) is 11.8 Å². The molecule has 2 heterocycles. The van der Waals surface area contributed by atoms with Crippen LogP contribution in [0.5, 0.6) is 5.88 Å². The number of aromatic nitrogens is 2. The summed E-state index contributed by atoms with van der Waals surface area (Å²) >= 11 is 7.73. The van der Waals surface area contributed by atoms with Crippen LogP contribution in [0.3, 0.4) is 0 Å². The highest BCUT2D eigenvalue weighted by atomic mass is 35.5. The Hall–Kier alpha value is -2.90. The van der Waals surface area contributed by atoms with Crippen LogP contribution >= 0.6 is 22.9 Å². The quantitative estimate of drug-likeness (QED) is 0.444. The minimum absolute atomic E-state index is 0.214. The summed E-state index contributed by atoms with van der Waals surface area (Å²) in [6.45, 7) is 3.41. The predicted molar refractivity (Wildman–Crippen MR) is 110 cm³/mol. The van der Waals surface area contributed by atoms with Crippen molar-refractivity contribution in [3.05, 3.63) is 64.9 Å². The van der Waals surface area contributed by atoms with Gasteiger partial charge in [0.15, 0.2) is 11.7 Å². The standard InChI is InChI=1S/C20H16ClN3O3S/c1-12-10-18(23-27-12)26-11-19(25)24(16-8-5-6-14(21)13(16)2)20-22-15-7-3-4-9-17(15)28-20/h3-10H,11H2,1-2H3. The van der Waals surface area contributed by atoms with Gasteiger partial charge in [0.05, 0.1) is 15.9 Å². The Balaban J connectivity index is 1.72. The molecule has 0 saturated heterocycles. The largest absolute Gasteiger partial charge is 0.465 e. The number of anilines is 2. The van der Waals surface area contributed by atoms with Crippen molar-refractivity contribution in [1.29, 1.82) is 0 Å². The maximum Gasteiger partial charge on any atom is 0.271 e. The molecule has 0 aliphatic carbocycles. The summed E-state index contributed by atoms with van der Waals surface area (Å²) in [4.78, 5) is 19.3. The summed E-state index contributed by atoms with van der Waals surface area (Å²) in [6.07, 6.45) is 0. The Kier molecular flexibility index (Phi) is 5.02. The van der Waals surface area contributed by atoms with E-state index in [4.69, 9.17) is 20.9 Å². The fraction of sp³-hybridized carbons (Fsp3) is 0.150. The zero-order chi connectivity index (χ0) is 19.7. The van der Waals surface area contributed by atoms with E-state index in [1.807, 2.05) is 37.3 Å². The van der Waals surface area contributed by atoms with Gasteiger partial charge in [0, 0.05) is 11.1 Å². The summed E-state index contributed by atoms with van der Waals surface area (Å²) in [6, 6.07) is 14.8. The van der Waals surface area contributed by atoms with Crippen LogP contribution in [-0.2, 0) is 4.79 Å². The minimum atomic E-state index is -0.287. The van der Waals surface area contributed by atoms with E-state index in [-0.39, 0.29) is 18.4 Å². The average Bonchev–Trinajstić information content (AvgIpc) is 3.29. The molecule has 0 radical (unpaired) electrons. The first-order chi connectivity index (χ1) is 13.5. The number of thiazole rings is 1. The lowest BCUT2D eigenvalue weighted by Crippen LogP contribution is -2.31. The normalized spacial score (nSPS) is 11.0. The molecule has 0 unspecified atom stereocenters. The SMILES string of the molecule is Cc1cc(OCC(=O)N(c2nc3ccccc3s2)c2cccc(Cl)c2C)no1. The second-order valence-corrected chi connectivity index (χ2v) is 7.56. The Morgan fingerprint density at radius 1 is 1.21 bits per heavy atom. The summed E-state index contributed by atoms with van der Waals surface area (Å²) in [7, 11) is 0. The van der Waals surface area contributed by atoms with Crippen molar-refractivity contribution < 1.29 is 14.1 Å². The first-order valence-electron chi connectivity index (χ1n) is 8.52. The molecule has 0 fully saturated rings. The van der Waals surface area contributed by atoms with Crippen LogP contribution in [0.25, 0.3) is 10.2 Å². The summed E-state index contributed by atoms with van der Waals surface area (Å²) in [5, 5.41) is 4.88. The van der Waals surface area contributed by atoms with Crippen molar-refractivity contribution in [3.63, 3.8) is 0 Å². The van der Waals surface area contributed by atoms with Crippen LogP contribution in [0.4, 0.5) is 10.8 Å². The van der Waals surface area contributed by atoms with Gasteiger partial charge in [-0.3, -0.25) is 9.69 Å². The molecule has 6 nitrogen and oxygen atoms in total. The van der Waals surface area contributed by atoms with Gasteiger partial charge in [-0.2, -0.15) is 0 Å². The number of rotatable bonds is 5. The molecule has 4 aromatic rings. The number of carbonyl (C=O) groups excluding carboxylic acids is 1. The maximum absolute atomic E-state index is 13.1. The Labute approximate surface area is 170 Å². The maximum atomic E-state index is 13.1. The molecule has 0 atom stereocenters. The van der Waals surface area contributed by atoms with Crippen molar-refractivity contribution in [2.75, 3.05) is 11.5 Å². The third-order valence-electron chi connectivity index (χ3n) is 4.15. The molecule has 0 bridgehead atoms. The van der Waals surface area contributed by atoms with E-state index < -0.39 is 0 Å². The molecule has 142 valence electrons. The molecule has 4 rings (SSSR count). The second kappa shape index (κ2) is 7.61. The van der Waals surface area contributed by atoms with Gasteiger partial charge in [-0.1, -0.05) is 41.1 Å². The lowest BCUT2D eigenvalue weighted by atomic mass is 10.2. The first kappa shape index (κ1) is 18.5. The van der Waals surface area contributed by atoms with Crippen molar-refractivity contribution in [3.8, 4) is 5.88 Å². The zero-order valence-electron chi connectivity index (χ0n) is 15.2. The third kappa shape index (κ3) is 3.58. The number of fused-ring (bicyclic) bond motifs is 1. The zero-order valence-corrected chi connectivity index (χ0v) is 16.8. The molecule has 8 heteroatoms. The molecule has 0 N–H and O–H groups in total. The number of amides is 1. The fourth-order valence-corrected chi connectivity index (χ4v) is 3.92. The highest BCUT2D eigenvalue weighted by molar-refractivity contribution is 7.22. The van der Waals surface area contributed by atoms with E-state index in [1.165, 1.54) is 11.3 Å². The molecular weight excluding hydrogens is 398 g/mol. The first-order valence-corrected chi connectivity index (χ1v) is 9.72. The van der Waals surface area contributed by atoms with Gasteiger partial charge in [-0.05, 0) is 48.8 Å². The van der Waals surface area contributed by atoms with Crippen molar-refractivity contribution in [1.82, 2.24) is 10.1 Å². The van der Waals surface area contributed by atoms with Gasteiger partial charge >= 0.3 is 0 Å². The number of ether oxygens (including phenoxy) is 1. The number of hydrogen-bond acceptors (Lipinski definition) is 6. The summed E-state index contributed by atoms with van der Waals surface area (Å²) < 4.78 is 11.5. The highest BCUT2D eigenvalue weighted by Crippen LogP contribution is 2.36. The Morgan fingerprint density at radius 3 is 2.79 bits per heavy atom. The van der Waals surface area contributed by atoms with Crippen LogP contribution < -0.4 is 9.64 Å². The van der Waals surface area contributed by atoms with E-state index in [1.54, 1.807) is 30.0 Å². The number of nitrogens with zero attached hydrogens (tertiary/aromatic N) is 3. The second-order valence-electron chi connectivity index (χ2n) is 6.14. The summed E-state index contributed by atoms with van der Waals surface area (Å²) in [5.41, 5.74) is 2.28. The van der Waals surface area contributed by atoms with Crippen LogP contribution in [0.1, 0.15) is 11.3 Å². The molecular formula is C20H16ClN3O3S. The predicted octanol–water partition coefficient (Wildman–Crippen LogP) is 5.30. The number of halogens is 1. The molecule has 28 heavy (non-hydrogen) atoms. The fourth-order valence-electron chi connectivity index (χ4n) is 2.75. The van der Waals surface area contributed by atoms with E-state index in [0.717, 1.165) is 15.8 Å². The number of aryl methyl sites for hydroxylation is 1. The molecule has 1 amide bonds. The topological polar surface area (TPSA) is 68.5 Å². The number of carbonyl (C=O) groups is 1. The van der Waals surface area contributed by atoms with Gasteiger partial charge in [0.1, 0.15) is 5.76 Å². The van der Waals surface area contributed by atoms with Crippen LogP contribution in [0.15, 0.2) is 53.1 Å². The molecule has 0 saturated carbocycles. The molecule has 0 aliphatic heterocycles. The Morgan fingerprint density at radius 2 is 2.04 bits per heavy atom. The van der Waals surface area contributed by atoms with E-state index in [2.05, 4.69) is 10.1 Å². The Bertz CT molecular complexity index is 1120. The van der Waals surface area contributed by atoms with Gasteiger partial charge in [0.2, 0.25) is 0 Å². The number of hydrogen-bond donors (Lipinski definition) is 0. The number of para-hydroxylation sites is 1. The average molecular weight is 414 g/mol. The van der Waals surface area contributed by atoms with Crippen molar-refractivity contribution in [2.24, 2.45) is 0 Å². The minimum Gasteiger partial charge on any atom is -0.465 e. The van der Waals surface area contributed by atoms with Gasteiger partial charge in [-0.25, -0.2) is 4.98 Å². The van der Waals surface area contributed by atoms with Crippen LogP contribution in [-0.4, -0.2) is 22.7 Å². The van der Waals surface area contributed by atoms with Crippen LogP contribution in [0.2, 0.25) is 5.02 Å². The van der Waals surface area contributed by atoms with Crippen LogP contribution in [0, 0.1) is 13.8 Å². The number of benzene rings is 2.